The zero-order valence-electron chi connectivity index (χ0n) is 8.12. The maximum absolute atomic E-state index is 11.1. The summed E-state index contributed by atoms with van der Waals surface area (Å²) >= 11 is 0. The summed E-state index contributed by atoms with van der Waals surface area (Å²) in [4.78, 5) is 21.9. The Hall–Kier alpha value is -1.32. The predicted octanol–water partition coefficient (Wildman–Crippen LogP) is 1.06. The Morgan fingerprint density at radius 2 is 1.85 bits per heavy atom. The van der Waals surface area contributed by atoms with Gasteiger partial charge in [-0.2, -0.15) is 0 Å². The van der Waals surface area contributed by atoms with Gasteiger partial charge in [0.05, 0.1) is 20.6 Å². The number of hydrogen-bond acceptors (Lipinski definition) is 4. The molecule has 0 aliphatic heterocycles. The summed E-state index contributed by atoms with van der Waals surface area (Å²) in [5.41, 5.74) is 0.344. The summed E-state index contributed by atoms with van der Waals surface area (Å²) in [6.07, 6.45) is 2.31. The van der Waals surface area contributed by atoms with Crippen molar-refractivity contribution < 1.29 is 19.1 Å². The highest BCUT2D eigenvalue weighted by Gasteiger charge is 2.13. The average Bonchev–Trinajstić information content (AvgIpc) is 2.15. The number of ether oxygens (including phenoxy) is 2. The molecule has 74 valence electrons. The van der Waals surface area contributed by atoms with E-state index in [2.05, 4.69) is 9.47 Å². The minimum atomic E-state index is -0.479. The van der Waals surface area contributed by atoms with Crippen LogP contribution in [0.1, 0.15) is 19.8 Å². The molecule has 0 fully saturated rings. The van der Waals surface area contributed by atoms with Crippen molar-refractivity contribution in [3.63, 3.8) is 0 Å². The first-order valence-corrected chi connectivity index (χ1v) is 3.99. The van der Waals surface area contributed by atoms with Crippen LogP contribution in [0.4, 0.5) is 0 Å². The van der Waals surface area contributed by atoms with Crippen LogP contribution >= 0.6 is 0 Å². The molecule has 0 rings (SSSR count). The van der Waals surface area contributed by atoms with Crippen molar-refractivity contribution in [2.24, 2.45) is 0 Å². The number of carbonyl (C=O) groups excluding carboxylic acids is 2. The highest BCUT2D eigenvalue weighted by atomic mass is 16.5. The Labute approximate surface area is 77.5 Å². The SMILES string of the molecule is CC/C=C(\CC(=O)OC)C(=O)OC. The molecule has 0 bridgehead atoms. The first kappa shape index (κ1) is 11.7. The first-order chi connectivity index (χ1) is 6.15. The van der Waals surface area contributed by atoms with Gasteiger partial charge in [0.15, 0.2) is 0 Å². The molecular weight excluding hydrogens is 172 g/mol. The Morgan fingerprint density at radius 1 is 1.23 bits per heavy atom. The van der Waals surface area contributed by atoms with E-state index >= 15 is 0 Å². The lowest BCUT2D eigenvalue weighted by molar-refractivity contribution is -0.143. The molecule has 4 nitrogen and oxygen atoms in total. The molecule has 0 atom stereocenters. The molecule has 0 radical (unpaired) electrons. The Morgan fingerprint density at radius 3 is 2.23 bits per heavy atom. The summed E-state index contributed by atoms with van der Waals surface area (Å²) in [5.74, 6) is -0.919. The van der Waals surface area contributed by atoms with Crippen LogP contribution in [0, 0.1) is 0 Å². The molecule has 0 unspecified atom stereocenters. The number of allylic oxidation sites excluding steroid dienone is 1. The Balaban J connectivity index is 4.36. The summed E-state index contributed by atoms with van der Waals surface area (Å²) in [6.45, 7) is 1.88. The van der Waals surface area contributed by atoms with Crippen LogP contribution in [-0.2, 0) is 19.1 Å². The third-order valence-corrected chi connectivity index (χ3v) is 1.46. The number of esters is 2. The average molecular weight is 186 g/mol. The molecule has 0 aromatic carbocycles. The van der Waals surface area contributed by atoms with Crippen molar-refractivity contribution in [1.82, 2.24) is 0 Å². The van der Waals surface area contributed by atoms with E-state index in [0.717, 1.165) is 0 Å². The van der Waals surface area contributed by atoms with Crippen LogP contribution in [0.15, 0.2) is 11.6 Å². The van der Waals surface area contributed by atoms with Crippen LogP contribution in [0.25, 0.3) is 0 Å². The van der Waals surface area contributed by atoms with Crippen molar-refractivity contribution in [2.75, 3.05) is 14.2 Å². The normalized spacial score (nSPS) is 10.8. The van der Waals surface area contributed by atoms with Gasteiger partial charge in [-0.25, -0.2) is 4.79 Å². The quantitative estimate of drug-likeness (QED) is 0.486. The number of carbonyl (C=O) groups is 2. The molecule has 0 aromatic rings. The summed E-state index contributed by atoms with van der Waals surface area (Å²) in [7, 11) is 2.56. The van der Waals surface area contributed by atoms with Gasteiger partial charge >= 0.3 is 11.9 Å². The fourth-order valence-electron chi connectivity index (χ4n) is 0.833. The van der Waals surface area contributed by atoms with E-state index in [1.165, 1.54) is 14.2 Å². The second kappa shape index (κ2) is 6.22. The molecule has 0 aliphatic carbocycles. The summed E-state index contributed by atoms with van der Waals surface area (Å²) in [6, 6.07) is 0. The van der Waals surface area contributed by atoms with Crippen LogP contribution in [0.2, 0.25) is 0 Å². The molecule has 0 heterocycles. The first-order valence-electron chi connectivity index (χ1n) is 3.99. The van der Waals surface area contributed by atoms with E-state index in [1.54, 1.807) is 6.08 Å². The van der Waals surface area contributed by atoms with Gasteiger partial charge in [0.1, 0.15) is 0 Å². The van der Waals surface area contributed by atoms with E-state index in [0.29, 0.717) is 12.0 Å². The van der Waals surface area contributed by atoms with E-state index in [9.17, 15) is 9.59 Å². The highest BCUT2D eigenvalue weighted by Crippen LogP contribution is 2.06. The van der Waals surface area contributed by atoms with Crippen molar-refractivity contribution in [1.29, 1.82) is 0 Å². The zero-order valence-corrected chi connectivity index (χ0v) is 8.12. The fraction of sp³-hybridized carbons (Fsp3) is 0.556. The minimum Gasteiger partial charge on any atom is -0.469 e. The summed E-state index contributed by atoms with van der Waals surface area (Å²) in [5, 5.41) is 0. The van der Waals surface area contributed by atoms with Gasteiger partial charge in [0, 0.05) is 5.57 Å². The highest BCUT2D eigenvalue weighted by molar-refractivity contribution is 5.93. The maximum atomic E-state index is 11.1. The molecular formula is C9H14O4. The maximum Gasteiger partial charge on any atom is 0.333 e. The predicted molar refractivity (Wildman–Crippen MR) is 47.0 cm³/mol. The lowest BCUT2D eigenvalue weighted by Crippen LogP contribution is -2.10. The van der Waals surface area contributed by atoms with E-state index in [1.807, 2.05) is 6.92 Å². The lowest BCUT2D eigenvalue weighted by Gasteiger charge is -2.03. The van der Waals surface area contributed by atoms with Crippen LogP contribution < -0.4 is 0 Å². The number of rotatable bonds is 4. The van der Waals surface area contributed by atoms with Crippen molar-refractivity contribution in [3.8, 4) is 0 Å². The van der Waals surface area contributed by atoms with Gasteiger partial charge in [0.2, 0.25) is 0 Å². The second-order valence-electron chi connectivity index (χ2n) is 2.38. The van der Waals surface area contributed by atoms with E-state index in [4.69, 9.17) is 0 Å². The number of methoxy groups -OCH3 is 2. The third kappa shape index (κ3) is 4.30. The zero-order chi connectivity index (χ0) is 10.3. The molecule has 0 spiro atoms. The van der Waals surface area contributed by atoms with Crippen LogP contribution in [0.3, 0.4) is 0 Å². The Kier molecular flexibility index (Phi) is 5.59. The molecule has 0 aliphatic rings. The van der Waals surface area contributed by atoms with Gasteiger partial charge in [-0.3, -0.25) is 4.79 Å². The minimum absolute atomic E-state index is 0.0307. The van der Waals surface area contributed by atoms with Gasteiger partial charge < -0.3 is 9.47 Å². The van der Waals surface area contributed by atoms with E-state index in [-0.39, 0.29) is 6.42 Å². The molecule has 0 saturated heterocycles. The molecule has 0 amide bonds. The largest absolute Gasteiger partial charge is 0.469 e. The van der Waals surface area contributed by atoms with Crippen molar-refractivity contribution in [2.45, 2.75) is 19.8 Å². The fourth-order valence-corrected chi connectivity index (χ4v) is 0.833. The second-order valence-corrected chi connectivity index (χ2v) is 2.38. The standard InChI is InChI=1S/C9H14O4/c1-4-5-7(9(11)13-3)6-8(10)12-2/h5H,4,6H2,1-3H3/b7-5+. The Bertz CT molecular complexity index is 218. The monoisotopic (exact) mass is 186 g/mol. The molecule has 4 heteroatoms. The number of hydrogen-bond donors (Lipinski definition) is 0. The van der Waals surface area contributed by atoms with Crippen molar-refractivity contribution in [3.05, 3.63) is 11.6 Å². The summed E-state index contributed by atoms with van der Waals surface area (Å²) < 4.78 is 8.93. The van der Waals surface area contributed by atoms with Crippen molar-refractivity contribution >= 4 is 11.9 Å². The molecule has 0 aromatic heterocycles. The van der Waals surface area contributed by atoms with Gasteiger partial charge in [-0.15, -0.1) is 0 Å². The van der Waals surface area contributed by atoms with E-state index < -0.39 is 11.9 Å². The molecule has 13 heavy (non-hydrogen) atoms. The van der Waals surface area contributed by atoms with Gasteiger partial charge in [-0.1, -0.05) is 13.0 Å². The lowest BCUT2D eigenvalue weighted by atomic mass is 10.1. The topological polar surface area (TPSA) is 52.6 Å². The van der Waals surface area contributed by atoms with Crippen LogP contribution in [-0.4, -0.2) is 26.2 Å². The third-order valence-electron chi connectivity index (χ3n) is 1.46. The smallest absolute Gasteiger partial charge is 0.333 e. The van der Waals surface area contributed by atoms with Crippen LogP contribution in [0.5, 0.6) is 0 Å². The molecule has 0 N–H and O–H groups in total. The molecule has 0 saturated carbocycles. The van der Waals surface area contributed by atoms with Gasteiger partial charge in [-0.05, 0) is 6.42 Å². The van der Waals surface area contributed by atoms with Gasteiger partial charge in [0.25, 0.3) is 0 Å².